The molecule has 0 aliphatic carbocycles. The van der Waals surface area contributed by atoms with Crippen LogP contribution in [0.2, 0.25) is 0 Å². The average Bonchev–Trinajstić information content (AvgIpc) is 1.79. The average molecular weight is 175 g/mol. The first kappa shape index (κ1) is 11.4. The summed E-state index contributed by atoms with van der Waals surface area (Å²) in [4.78, 5) is 11.0. The van der Waals surface area contributed by atoms with E-state index >= 15 is 0 Å². The number of nitrogens with two attached hydrogens (primary N) is 1. The molecule has 0 heterocycles. The first-order chi connectivity index (χ1) is 5.31. The molecule has 12 heavy (non-hydrogen) atoms. The largest absolute Gasteiger partial charge is 0.460 e. The fourth-order valence-electron chi connectivity index (χ4n) is 0.658. The summed E-state index contributed by atoms with van der Waals surface area (Å²) in [6, 6.07) is 0. The molecule has 1 atom stereocenters. The maximum atomic E-state index is 11.0. The summed E-state index contributed by atoms with van der Waals surface area (Å²) in [5.41, 5.74) is 4.59. The molecule has 0 radical (unpaired) electrons. The van der Waals surface area contributed by atoms with Crippen molar-refractivity contribution in [1.29, 1.82) is 0 Å². The molecule has 0 saturated heterocycles. The smallest absolute Gasteiger partial charge is 0.306 e. The number of rotatable bonds is 3. The number of ether oxygens (including phenoxy) is 1. The molecule has 72 valence electrons. The summed E-state index contributed by atoms with van der Waals surface area (Å²) in [6.45, 7) is 5.39. The van der Waals surface area contributed by atoms with Crippen LogP contribution in [0.1, 0.15) is 33.6 Å². The molecular weight excluding hydrogens is 158 g/mol. The Balaban J connectivity index is 3.61. The number of aliphatic hydroxyl groups is 1. The van der Waals surface area contributed by atoms with Crippen molar-refractivity contribution in [1.82, 2.24) is 0 Å². The van der Waals surface area contributed by atoms with Gasteiger partial charge in [0.2, 0.25) is 0 Å². The lowest BCUT2D eigenvalue weighted by atomic mass is 10.2. The van der Waals surface area contributed by atoms with Crippen molar-refractivity contribution in [2.24, 2.45) is 5.73 Å². The zero-order valence-corrected chi connectivity index (χ0v) is 7.83. The second-order valence-electron chi connectivity index (χ2n) is 3.69. The van der Waals surface area contributed by atoms with Gasteiger partial charge in [0.05, 0.1) is 0 Å². The zero-order chi connectivity index (χ0) is 9.78. The summed E-state index contributed by atoms with van der Waals surface area (Å²) in [7, 11) is 0. The fraction of sp³-hybridized carbons (Fsp3) is 0.875. The van der Waals surface area contributed by atoms with Crippen LogP contribution < -0.4 is 5.73 Å². The van der Waals surface area contributed by atoms with Gasteiger partial charge in [0.15, 0.2) is 0 Å². The molecule has 4 heteroatoms. The lowest BCUT2D eigenvalue weighted by molar-refractivity contribution is -0.155. The number of carbonyl (C=O) groups is 1. The van der Waals surface area contributed by atoms with Crippen LogP contribution in [-0.2, 0) is 9.53 Å². The van der Waals surface area contributed by atoms with E-state index in [-0.39, 0.29) is 18.8 Å². The molecule has 0 saturated carbocycles. The van der Waals surface area contributed by atoms with Crippen molar-refractivity contribution in [2.75, 3.05) is 0 Å². The van der Waals surface area contributed by atoms with E-state index in [1.807, 2.05) is 0 Å². The van der Waals surface area contributed by atoms with Gasteiger partial charge in [0.25, 0.3) is 0 Å². The molecule has 0 fully saturated rings. The monoisotopic (exact) mass is 175 g/mol. The van der Waals surface area contributed by atoms with E-state index in [0.717, 1.165) is 0 Å². The van der Waals surface area contributed by atoms with Gasteiger partial charge < -0.3 is 15.6 Å². The van der Waals surface area contributed by atoms with Crippen LogP contribution in [0.3, 0.4) is 0 Å². The molecule has 0 aromatic rings. The van der Waals surface area contributed by atoms with E-state index in [2.05, 4.69) is 0 Å². The molecule has 0 amide bonds. The van der Waals surface area contributed by atoms with Crippen molar-refractivity contribution in [3.63, 3.8) is 0 Å². The van der Waals surface area contributed by atoms with E-state index in [4.69, 9.17) is 15.6 Å². The van der Waals surface area contributed by atoms with Gasteiger partial charge in [-0.3, -0.25) is 4.79 Å². The Morgan fingerprint density at radius 1 is 1.58 bits per heavy atom. The summed E-state index contributed by atoms with van der Waals surface area (Å²) in [5, 5.41) is 8.67. The molecule has 3 N–H and O–H groups in total. The predicted octanol–water partition coefficient (Wildman–Crippen LogP) is 0.385. The van der Waals surface area contributed by atoms with Gasteiger partial charge in [-0.25, -0.2) is 0 Å². The maximum Gasteiger partial charge on any atom is 0.306 e. The minimum atomic E-state index is -0.933. The summed E-state index contributed by atoms with van der Waals surface area (Å²) >= 11 is 0. The lowest BCUT2D eigenvalue weighted by Crippen LogP contribution is -2.26. The summed E-state index contributed by atoms with van der Waals surface area (Å²) in [6.07, 6.45) is -0.526. The molecule has 0 aromatic carbocycles. The van der Waals surface area contributed by atoms with Crippen LogP contribution in [0.25, 0.3) is 0 Å². The molecule has 1 unspecified atom stereocenters. The number of aliphatic hydroxyl groups excluding tert-OH is 1. The lowest BCUT2D eigenvalue weighted by Gasteiger charge is -2.19. The minimum Gasteiger partial charge on any atom is -0.460 e. The van der Waals surface area contributed by atoms with Gasteiger partial charge in [0.1, 0.15) is 11.8 Å². The van der Waals surface area contributed by atoms with Crippen LogP contribution in [0, 0.1) is 0 Å². The number of esters is 1. The van der Waals surface area contributed by atoms with Crippen LogP contribution >= 0.6 is 0 Å². The molecule has 0 spiro atoms. The predicted molar refractivity (Wildman–Crippen MR) is 45.3 cm³/mol. The van der Waals surface area contributed by atoms with E-state index in [1.54, 1.807) is 20.8 Å². The van der Waals surface area contributed by atoms with Gasteiger partial charge in [-0.15, -0.1) is 0 Å². The van der Waals surface area contributed by atoms with Crippen LogP contribution in [0.15, 0.2) is 0 Å². The van der Waals surface area contributed by atoms with Crippen LogP contribution in [0.4, 0.5) is 0 Å². The third-order valence-corrected chi connectivity index (χ3v) is 1.06. The minimum absolute atomic E-state index is 0.162. The highest BCUT2D eigenvalue weighted by molar-refractivity contribution is 5.69. The Hall–Kier alpha value is -0.610. The molecular formula is C8H17NO3. The molecule has 0 aromatic heterocycles. The van der Waals surface area contributed by atoms with Crippen molar-refractivity contribution in [3.05, 3.63) is 0 Å². The van der Waals surface area contributed by atoms with Gasteiger partial charge in [-0.1, -0.05) is 0 Å². The Morgan fingerprint density at radius 2 is 2.08 bits per heavy atom. The highest BCUT2D eigenvalue weighted by Crippen LogP contribution is 2.09. The standard InChI is InChI=1S/C8H17NO3/c1-8(2,3)12-7(11)5-4-6(9)10/h6,10H,4-5,9H2,1-3H3. The van der Waals surface area contributed by atoms with Crippen molar-refractivity contribution >= 4 is 5.97 Å². The molecule has 0 rings (SSSR count). The number of hydrogen-bond donors (Lipinski definition) is 2. The Bertz CT molecular complexity index is 149. The van der Waals surface area contributed by atoms with Crippen LogP contribution in [0.5, 0.6) is 0 Å². The topological polar surface area (TPSA) is 72.5 Å². The van der Waals surface area contributed by atoms with Gasteiger partial charge in [0, 0.05) is 6.42 Å². The van der Waals surface area contributed by atoms with Crippen LogP contribution in [-0.4, -0.2) is 22.9 Å². The quantitative estimate of drug-likeness (QED) is 0.480. The summed E-state index contributed by atoms with van der Waals surface area (Å²) in [5.74, 6) is -0.327. The third kappa shape index (κ3) is 7.50. The van der Waals surface area contributed by atoms with Crippen molar-refractivity contribution < 1.29 is 14.6 Å². The molecule has 4 nitrogen and oxygen atoms in total. The third-order valence-electron chi connectivity index (χ3n) is 1.06. The highest BCUT2D eigenvalue weighted by Gasteiger charge is 2.16. The molecule has 0 aliphatic rings. The summed E-state index contributed by atoms with van der Waals surface area (Å²) < 4.78 is 4.98. The maximum absolute atomic E-state index is 11.0. The first-order valence-electron chi connectivity index (χ1n) is 3.97. The van der Waals surface area contributed by atoms with E-state index in [9.17, 15) is 4.79 Å². The second kappa shape index (κ2) is 4.42. The van der Waals surface area contributed by atoms with E-state index in [0.29, 0.717) is 0 Å². The first-order valence-corrected chi connectivity index (χ1v) is 3.97. The van der Waals surface area contributed by atoms with E-state index in [1.165, 1.54) is 0 Å². The fourth-order valence-corrected chi connectivity index (χ4v) is 0.658. The van der Waals surface area contributed by atoms with Gasteiger partial charge in [-0.2, -0.15) is 0 Å². The molecule has 0 bridgehead atoms. The van der Waals surface area contributed by atoms with Crippen molar-refractivity contribution in [2.45, 2.75) is 45.4 Å². The van der Waals surface area contributed by atoms with Gasteiger partial charge >= 0.3 is 5.97 Å². The SMILES string of the molecule is CC(C)(C)OC(=O)CCC(N)O. The van der Waals surface area contributed by atoms with E-state index < -0.39 is 11.8 Å². The normalized spacial score (nSPS) is 14.1. The Morgan fingerprint density at radius 3 is 2.42 bits per heavy atom. The number of hydrogen-bond acceptors (Lipinski definition) is 4. The zero-order valence-electron chi connectivity index (χ0n) is 7.83. The molecule has 0 aliphatic heterocycles. The van der Waals surface area contributed by atoms with Gasteiger partial charge in [-0.05, 0) is 27.2 Å². The highest BCUT2D eigenvalue weighted by atomic mass is 16.6. The number of carbonyl (C=O) groups excluding carboxylic acids is 1. The Labute approximate surface area is 72.7 Å². The van der Waals surface area contributed by atoms with Crippen molar-refractivity contribution in [3.8, 4) is 0 Å². The Kier molecular flexibility index (Phi) is 4.20. The second-order valence-corrected chi connectivity index (χ2v) is 3.69.